The van der Waals surface area contributed by atoms with Crippen molar-refractivity contribution < 1.29 is 4.74 Å². The van der Waals surface area contributed by atoms with E-state index in [0.29, 0.717) is 0 Å². The molecule has 0 aliphatic rings. The molecule has 2 nitrogen and oxygen atoms in total. The summed E-state index contributed by atoms with van der Waals surface area (Å²) in [5, 5.41) is 0. The maximum absolute atomic E-state index is 5.76. The second-order valence-corrected chi connectivity index (χ2v) is 4.62. The van der Waals surface area contributed by atoms with Crippen molar-refractivity contribution in [3.8, 4) is 5.75 Å². The molecule has 1 aromatic rings. The Morgan fingerprint density at radius 3 is 2.53 bits per heavy atom. The normalized spacial score (nSPS) is 10.8. The molecule has 0 saturated carbocycles. The van der Waals surface area contributed by atoms with Gasteiger partial charge >= 0.3 is 0 Å². The van der Waals surface area contributed by atoms with E-state index in [9.17, 15) is 0 Å². The number of para-hydroxylation sites is 1. The Kier molecular flexibility index (Phi) is 6.71. The molecule has 1 rings (SSSR count). The number of nitrogens with zero attached hydrogens (tertiary/aromatic N) is 1. The van der Waals surface area contributed by atoms with Crippen LogP contribution in [0.2, 0.25) is 0 Å². The number of rotatable bonds is 8. The fourth-order valence-electron chi connectivity index (χ4n) is 1.77. The van der Waals surface area contributed by atoms with Crippen molar-refractivity contribution in [2.24, 2.45) is 0 Å². The number of unbranched alkanes of at least 4 members (excludes halogenated alkanes) is 1. The number of aryl methyl sites for hydroxylation is 1. The quantitative estimate of drug-likeness (QED) is 0.639. The average Bonchev–Trinajstić information content (AvgIpc) is 2.34. The highest BCUT2D eigenvalue weighted by molar-refractivity contribution is 5.31. The predicted molar refractivity (Wildman–Crippen MR) is 73.7 cm³/mol. The summed E-state index contributed by atoms with van der Waals surface area (Å²) in [6, 6.07) is 8.19. The van der Waals surface area contributed by atoms with Crippen LogP contribution < -0.4 is 4.74 Å². The number of benzene rings is 1. The first-order valence-corrected chi connectivity index (χ1v) is 6.61. The smallest absolute Gasteiger partial charge is 0.122 e. The van der Waals surface area contributed by atoms with E-state index in [1.165, 1.54) is 24.9 Å². The molecule has 2 heteroatoms. The third kappa shape index (κ3) is 5.73. The molecular formula is C15H25NO. The minimum Gasteiger partial charge on any atom is -0.493 e. The van der Waals surface area contributed by atoms with Crippen molar-refractivity contribution in [3.63, 3.8) is 0 Å². The largest absolute Gasteiger partial charge is 0.493 e. The minimum absolute atomic E-state index is 0.807. The zero-order chi connectivity index (χ0) is 12.5. The lowest BCUT2D eigenvalue weighted by atomic mass is 10.2. The van der Waals surface area contributed by atoms with Crippen LogP contribution in [0.4, 0.5) is 0 Å². The van der Waals surface area contributed by atoms with Crippen molar-refractivity contribution in [1.82, 2.24) is 4.90 Å². The van der Waals surface area contributed by atoms with Gasteiger partial charge < -0.3 is 9.64 Å². The summed E-state index contributed by atoms with van der Waals surface area (Å²) in [5.74, 6) is 1.02. The van der Waals surface area contributed by atoms with Crippen LogP contribution in [0, 0.1) is 6.92 Å². The number of ether oxygens (including phenoxy) is 1. The Labute approximate surface area is 106 Å². The molecule has 0 aliphatic carbocycles. The zero-order valence-corrected chi connectivity index (χ0v) is 11.4. The van der Waals surface area contributed by atoms with Crippen LogP contribution in [-0.4, -0.2) is 31.6 Å². The van der Waals surface area contributed by atoms with Crippen LogP contribution >= 0.6 is 0 Å². The molecule has 0 spiro atoms. The van der Waals surface area contributed by atoms with E-state index in [-0.39, 0.29) is 0 Å². The van der Waals surface area contributed by atoms with Crippen molar-refractivity contribution in [1.29, 1.82) is 0 Å². The molecule has 0 saturated heterocycles. The van der Waals surface area contributed by atoms with Gasteiger partial charge in [0.1, 0.15) is 5.75 Å². The fraction of sp³-hybridized carbons (Fsp3) is 0.600. The summed E-state index contributed by atoms with van der Waals surface area (Å²) in [7, 11) is 2.18. The second kappa shape index (κ2) is 8.13. The van der Waals surface area contributed by atoms with Gasteiger partial charge in [-0.1, -0.05) is 31.5 Å². The third-order valence-electron chi connectivity index (χ3n) is 2.93. The van der Waals surface area contributed by atoms with Crippen LogP contribution in [0.5, 0.6) is 5.75 Å². The van der Waals surface area contributed by atoms with E-state index in [1.807, 2.05) is 18.2 Å². The Morgan fingerprint density at radius 1 is 1.12 bits per heavy atom. The van der Waals surface area contributed by atoms with E-state index in [4.69, 9.17) is 4.74 Å². The van der Waals surface area contributed by atoms with Gasteiger partial charge in [0.25, 0.3) is 0 Å². The van der Waals surface area contributed by atoms with Gasteiger partial charge in [-0.3, -0.25) is 0 Å². The highest BCUT2D eigenvalue weighted by Crippen LogP contribution is 2.16. The average molecular weight is 235 g/mol. The van der Waals surface area contributed by atoms with Gasteiger partial charge in [0.15, 0.2) is 0 Å². The summed E-state index contributed by atoms with van der Waals surface area (Å²) in [4.78, 5) is 2.38. The topological polar surface area (TPSA) is 12.5 Å². The van der Waals surface area contributed by atoms with Crippen LogP contribution in [0.25, 0.3) is 0 Å². The van der Waals surface area contributed by atoms with E-state index in [2.05, 4.69) is 31.9 Å². The molecule has 0 N–H and O–H groups in total. The first kappa shape index (κ1) is 14.0. The molecule has 0 amide bonds. The van der Waals surface area contributed by atoms with Gasteiger partial charge in [-0.2, -0.15) is 0 Å². The second-order valence-electron chi connectivity index (χ2n) is 4.62. The van der Waals surface area contributed by atoms with Crippen LogP contribution in [0.1, 0.15) is 31.7 Å². The van der Waals surface area contributed by atoms with E-state index >= 15 is 0 Å². The number of hydrogen-bond donors (Lipinski definition) is 0. The van der Waals surface area contributed by atoms with Gasteiger partial charge in [0.05, 0.1) is 6.61 Å². The molecule has 96 valence electrons. The Hall–Kier alpha value is -1.02. The van der Waals surface area contributed by atoms with Gasteiger partial charge in [-0.05, 0) is 45.0 Å². The minimum atomic E-state index is 0.807. The highest BCUT2D eigenvalue weighted by Gasteiger charge is 1.99. The number of hydrogen-bond acceptors (Lipinski definition) is 2. The van der Waals surface area contributed by atoms with Crippen molar-refractivity contribution in [2.45, 2.75) is 33.1 Å². The maximum atomic E-state index is 5.76. The monoisotopic (exact) mass is 235 g/mol. The van der Waals surface area contributed by atoms with Crippen molar-refractivity contribution in [3.05, 3.63) is 29.8 Å². The molecular weight excluding hydrogens is 210 g/mol. The predicted octanol–water partition coefficient (Wildman–Crippen LogP) is 3.50. The molecule has 0 unspecified atom stereocenters. The van der Waals surface area contributed by atoms with Gasteiger partial charge in [-0.25, -0.2) is 0 Å². The van der Waals surface area contributed by atoms with E-state index in [0.717, 1.165) is 25.3 Å². The first-order chi connectivity index (χ1) is 8.24. The molecule has 17 heavy (non-hydrogen) atoms. The lowest BCUT2D eigenvalue weighted by Crippen LogP contribution is -2.22. The molecule has 1 aromatic carbocycles. The fourth-order valence-corrected chi connectivity index (χ4v) is 1.77. The van der Waals surface area contributed by atoms with Crippen LogP contribution in [0.15, 0.2) is 24.3 Å². The highest BCUT2D eigenvalue weighted by atomic mass is 16.5. The summed E-state index contributed by atoms with van der Waals surface area (Å²) < 4.78 is 5.76. The van der Waals surface area contributed by atoms with Crippen LogP contribution in [0.3, 0.4) is 0 Å². The lowest BCUT2D eigenvalue weighted by molar-refractivity contribution is 0.260. The summed E-state index contributed by atoms with van der Waals surface area (Å²) in [5.41, 5.74) is 1.21. The molecule has 0 aliphatic heterocycles. The van der Waals surface area contributed by atoms with Gasteiger partial charge in [0.2, 0.25) is 0 Å². The third-order valence-corrected chi connectivity index (χ3v) is 2.93. The van der Waals surface area contributed by atoms with Crippen molar-refractivity contribution in [2.75, 3.05) is 26.7 Å². The molecule has 0 aromatic heterocycles. The standard InChI is InChI=1S/C15H25NO/c1-4-5-11-16(3)12-8-13-17-15-10-7-6-9-14(15)2/h6-7,9-10H,4-5,8,11-13H2,1-3H3. The first-order valence-electron chi connectivity index (χ1n) is 6.61. The maximum Gasteiger partial charge on any atom is 0.122 e. The Morgan fingerprint density at radius 2 is 1.82 bits per heavy atom. The van der Waals surface area contributed by atoms with Gasteiger partial charge in [-0.15, -0.1) is 0 Å². The van der Waals surface area contributed by atoms with Crippen LogP contribution in [-0.2, 0) is 0 Å². The zero-order valence-electron chi connectivity index (χ0n) is 11.4. The lowest BCUT2D eigenvalue weighted by Gasteiger charge is -2.16. The molecule has 0 heterocycles. The van der Waals surface area contributed by atoms with E-state index in [1.54, 1.807) is 0 Å². The molecule has 0 bridgehead atoms. The Balaban J connectivity index is 2.14. The SMILES string of the molecule is CCCCN(C)CCCOc1ccccc1C. The van der Waals surface area contributed by atoms with Gasteiger partial charge in [0, 0.05) is 6.54 Å². The van der Waals surface area contributed by atoms with Crippen molar-refractivity contribution >= 4 is 0 Å². The summed E-state index contributed by atoms with van der Waals surface area (Å²) >= 11 is 0. The Bertz CT molecular complexity index is 312. The molecule has 0 atom stereocenters. The van der Waals surface area contributed by atoms with E-state index < -0.39 is 0 Å². The summed E-state index contributed by atoms with van der Waals surface area (Å²) in [6.45, 7) is 7.44. The summed E-state index contributed by atoms with van der Waals surface area (Å²) in [6.07, 6.45) is 3.65. The molecule has 0 fully saturated rings. The molecule has 0 radical (unpaired) electrons.